The van der Waals surface area contributed by atoms with Crippen molar-refractivity contribution in [2.24, 2.45) is 5.92 Å². The molecule has 1 aromatic carbocycles. The standard InChI is InChI=1S/C16H25FN2O.2ClH/c1-4-12(2)16(19-9-7-18-8-10-19)13-5-6-14(17)15(11-13)20-3;;/h5-6,11-12,16,18H,4,7-10H2,1-3H3;2*1H/t12?,16-;;/m1../s1. The third kappa shape index (κ3) is 4.98. The van der Waals surface area contributed by atoms with Crippen LogP contribution in [0.4, 0.5) is 4.39 Å². The topological polar surface area (TPSA) is 24.5 Å². The highest BCUT2D eigenvalue weighted by atomic mass is 35.5. The number of hydrogen-bond donors (Lipinski definition) is 1. The van der Waals surface area contributed by atoms with Gasteiger partial charge in [-0.25, -0.2) is 4.39 Å². The van der Waals surface area contributed by atoms with Crippen molar-refractivity contribution in [2.75, 3.05) is 33.3 Å². The second kappa shape index (κ2) is 10.3. The summed E-state index contributed by atoms with van der Waals surface area (Å²) in [5.41, 5.74) is 1.15. The van der Waals surface area contributed by atoms with Crippen molar-refractivity contribution in [2.45, 2.75) is 26.3 Å². The highest BCUT2D eigenvalue weighted by Gasteiger charge is 2.27. The minimum Gasteiger partial charge on any atom is -0.494 e. The van der Waals surface area contributed by atoms with E-state index in [1.807, 2.05) is 12.1 Å². The van der Waals surface area contributed by atoms with E-state index in [0.29, 0.717) is 17.7 Å². The number of ether oxygens (including phenoxy) is 1. The van der Waals surface area contributed by atoms with Gasteiger partial charge in [-0.2, -0.15) is 0 Å². The van der Waals surface area contributed by atoms with E-state index in [0.717, 1.165) is 38.2 Å². The molecule has 0 aliphatic carbocycles. The zero-order valence-corrected chi connectivity index (χ0v) is 15.1. The van der Waals surface area contributed by atoms with E-state index in [-0.39, 0.29) is 30.6 Å². The van der Waals surface area contributed by atoms with Gasteiger partial charge in [-0.1, -0.05) is 26.3 Å². The van der Waals surface area contributed by atoms with Crippen LogP contribution in [-0.4, -0.2) is 38.2 Å². The van der Waals surface area contributed by atoms with Gasteiger partial charge >= 0.3 is 0 Å². The Balaban J connectivity index is 0.00000220. The Hall–Kier alpha value is -0.550. The average molecular weight is 353 g/mol. The lowest BCUT2D eigenvalue weighted by atomic mass is 9.90. The van der Waals surface area contributed by atoms with Crippen LogP contribution in [0.15, 0.2) is 18.2 Å². The number of halogens is 3. The van der Waals surface area contributed by atoms with Crippen LogP contribution in [-0.2, 0) is 0 Å². The van der Waals surface area contributed by atoms with Gasteiger partial charge in [-0.05, 0) is 23.6 Å². The Morgan fingerprint density at radius 1 is 1.27 bits per heavy atom. The lowest BCUT2D eigenvalue weighted by Crippen LogP contribution is -2.46. The Kier molecular flexibility index (Phi) is 10.0. The van der Waals surface area contributed by atoms with Gasteiger partial charge in [-0.15, -0.1) is 24.8 Å². The van der Waals surface area contributed by atoms with Crippen molar-refractivity contribution in [3.8, 4) is 5.75 Å². The molecule has 2 rings (SSSR count). The van der Waals surface area contributed by atoms with Crippen LogP contribution in [0.2, 0.25) is 0 Å². The van der Waals surface area contributed by atoms with Gasteiger partial charge in [0.1, 0.15) is 0 Å². The molecule has 1 heterocycles. The number of hydrogen-bond acceptors (Lipinski definition) is 3. The SMILES string of the molecule is CCC(C)[C@H](c1ccc(F)c(OC)c1)N1CCNCC1.Cl.Cl. The fraction of sp³-hybridized carbons (Fsp3) is 0.625. The van der Waals surface area contributed by atoms with Gasteiger partial charge in [0, 0.05) is 32.2 Å². The Morgan fingerprint density at radius 2 is 1.91 bits per heavy atom. The summed E-state index contributed by atoms with van der Waals surface area (Å²) in [6, 6.07) is 5.60. The third-order valence-corrected chi connectivity index (χ3v) is 4.24. The molecule has 1 saturated heterocycles. The molecule has 22 heavy (non-hydrogen) atoms. The molecule has 0 bridgehead atoms. The molecule has 1 aromatic rings. The molecule has 3 nitrogen and oxygen atoms in total. The van der Waals surface area contributed by atoms with E-state index in [1.54, 1.807) is 0 Å². The van der Waals surface area contributed by atoms with Crippen molar-refractivity contribution in [1.82, 2.24) is 10.2 Å². The van der Waals surface area contributed by atoms with Gasteiger partial charge in [-0.3, -0.25) is 4.90 Å². The number of methoxy groups -OCH3 is 1. The largest absolute Gasteiger partial charge is 0.494 e. The summed E-state index contributed by atoms with van der Waals surface area (Å²) in [6.07, 6.45) is 1.11. The van der Waals surface area contributed by atoms with Gasteiger partial charge in [0.2, 0.25) is 0 Å². The van der Waals surface area contributed by atoms with Gasteiger partial charge in [0.15, 0.2) is 11.6 Å². The number of nitrogens with zero attached hydrogens (tertiary/aromatic N) is 1. The van der Waals surface area contributed by atoms with Crippen LogP contribution in [0, 0.1) is 11.7 Å². The van der Waals surface area contributed by atoms with Crippen molar-refractivity contribution in [1.29, 1.82) is 0 Å². The van der Waals surface area contributed by atoms with E-state index >= 15 is 0 Å². The molecular weight excluding hydrogens is 326 g/mol. The first-order chi connectivity index (χ1) is 9.67. The van der Waals surface area contributed by atoms with Gasteiger partial charge in [0.25, 0.3) is 0 Å². The molecule has 1 aliphatic rings. The van der Waals surface area contributed by atoms with Crippen molar-refractivity contribution < 1.29 is 9.13 Å². The molecule has 0 radical (unpaired) electrons. The van der Waals surface area contributed by atoms with Crippen LogP contribution in [0.5, 0.6) is 5.75 Å². The van der Waals surface area contributed by atoms with Gasteiger partial charge < -0.3 is 10.1 Å². The highest BCUT2D eigenvalue weighted by molar-refractivity contribution is 5.85. The second-order valence-corrected chi connectivity index (χ2v) is 5.51. The van der Waals surface area contributed by atoms with Crippen LogP contribution in [0.25, 0.3) is 0 Å². The molecule has 0 aromatic heterocycles. The summed E-state index contributed by atoms with van der Waals surface area (Å²) in [5.74, 6) is 0.577. The molecule has 1 N–H and O–H groups in total. The summed E-state index contributed by atoms with van der Waals surface area (Å²) >= 11 is 0. The lowest BCUT2D eigenvalue weighted by molar-refractivity contribution is 0.128. The van der Waals surface area contributed by atoms with Crippen molar-refractivity contribution in [3.05, 3.63) is 29.6 Å². The molecule has 1 aliphatic heterocycles. The maximum atomic E-state index is 13.6. The van der Waals surface area contributed by atoms with Crippen LogP contribution < -0.4 is 10.1 Å². The summed E-state index contributed by atoms with van der Waals surface area (Å²) in [6.45, 7) is 8.59. The summed E-state index contributed by atoms with van der Waals surface area (Å²) in [5, 5.41) is 3.38. The summed E-state index contributed by atoms with van der Waals surface area (Å²) in [4.78, 5) is 2.50. The third-order valence-electron chi connectivity index (χ3n) is 4.24. The molecule has 128 valence electrons. The molecule has 1 fully saturated rings. The normalized spacial score (nSPS) is 17.8. The zero-order valence-electron chi connectivity index (χ0n) is 13.5. The molecule has 1 unspecified atom stereocenters. The molecule has 0 spiro atoms. The smallest absolute Gasteiger partial charge is 0.165 e. The first kappa shape index (κ1) is 21.4. The number of benzene rings is 1. The molecule has 2 atom stereocenters. The molecular formula is C16H27Cl2FN2O. The predicted octanol–water partition coefficient (Wildman–Crippen LogP) is 3.67. The first-order valence-electron chi connectivity index (χ1n) is 7.45. The van der Waals surface area contributed by atoms with E-state index in [2.05, 4.69) is 24.1 Å². The Labute approximate surface area is 145 Å². The Bertz CT molecular complexity index is 442. The van der Waals surface area contributed by atoms with E-state index in [1.165, 1.54) is 13.2 Å². The van der Waals surface area contributed by atoms with E-state index in [9.17, 15) is 4.39 Å². The molecule has 6 heteroatoms. The minimum atomic E-state index is -0.292. The van der Waals surface area contributed by atoms with E-state index < -0.39 is 0 Å². The fourth-order valence-corrected chi connectivity index (χ4v) is 2.94. The second-order valence-electron chi connectivity index (χ2n) is 5.51. The Morgan fingerprint density at radius 3 is 2.45 bits per heavy atom. The first-order valence-corrected chi connectivity index (χ1v) is 7.45. The van der Waals surface area contributed by atoms with E-state index in [4.69, 9.17) is 4.74 Å². The summed E-state index contributed by atoms with van der Waals surface area (Å²) < 4.78 is 18.7. The highest BCUT2D eigenvalue weighted by Crippen LogP contribution is 2.33. The molecule has 0 amide bonds. The van der Waals surface area contributed by atoms with Crippen LogP contribution >= 0.6 is 24.8 Å². The van der Waals surface area contributed by atoms with Crippen molar-refractivity contribution >= 4 is 24.8 Å². The number of piperazine rings is 1. The summed E-state index contributed by atoms with van der Waals surface area (Å²) in [7, 11) is 1.52. The van der Waals surface area contributed by atoms with Gasteiger partial charge in [0.05, 0.1) is 7.11 Å². The van der Waals surface area contributed by atoms with Crippen molar-refractivity contribution in [3.63, 3.8) is 0 Å². The lowest BCUT2D eigenvalue weighted by Gasteiger charge is -2.38. The van der Waals surface area contributed by atoms with Crippen LogP contribution in [0.1, 0.15) is 31.9 Å². The minimum absolute atomic E-state index is 0. The maximum absolute atomic E-state index is 13.6. The number of rotatable bonds is 5. The predicted molar refractivity (Wildman–Crippen MR) is 94.1 cm³/mol. The monoisotopic (exact) mass is 352 g/mol. The fourth-order valence-electron chi connectivity index (χ4n) is 2.94. The zero-order chi connectivity index (χ0) is 14.5. The maximum Gasteiger partial charge on any atom is 0.165 e. The quantitative estimate of drug-likeness (QED) is 0.874. The average Bonchev–Trinajstić information content (AvgIpc) is 2.50. The molecule has 0 saturated carbocycles. The van der Waals surface area contributed by atoms with Crippen LogP contribution in [0.3, 0.4) is 0 Å². The number of nitrogens with one attached hydrogen (secondary N) is 1.